The summed E-state index contributed by atoms with van der Waals surface area (Å²) in [6.45, 7) is 8.31. The summed E-state index contributed by atoms with van der Waals surface area (Å²) in [5.74, 6) is 0. The maximum Gasteiger partial charge on any atom is 0.188 e. The van der Waals surface area contributed by atoms with Gasteiger partial charge in [0, 0.05) is 16.4 Å². The number of pyridine rings is 1. The fraction of sp³-hybridized carbons (Fsp3) is 0.583. The molecule has 0 bridgehead atoms. The van der Waals surface area contributed by atoms with Crippen LogP contribution in [0.15, 0.2) is 22.8 Å². The van der Waals surface area contributed by atoms with E-state index in [1.54, 1.807) is 0 Å². The van der Waals surface area contributed by atoms with Crippen molar-refractivity contribution in [1.29, 1.82) is 0 Å². The first kappa shape index (κ1) is 13.9. The largest absolute Gasteiger partial charge is 0.432 e. The van der Waals surface area contributed by atoms with Gasteiger partial charge in [0.1, 0.15) is 0 Å². The molecule has 16 heavy (non-hydrogen) atoms. The number of hydrogen-bond donors (Lipinski definition) is 1. The summed E-state index contributed by atoms with van der Waals surface area (Å²) in [5, 5.41) is 0.0295. The molecule has 0 saturated carbocycles. The van der Waals surface area contributed by atoms with Crippen LogP contribution < -0.4 is 0 Å². The molecule has 1 aromatic heterocycles. The molecule has 0 fully saturated rings. The minimum atomic E-state index is -2.09. The maximum atomic E-state index is 10.2. The predicted molar refractivity (Wildman–Crippen MR) is 74.0 cm³/mol. The first-order valence-corrected chi connectivity index (χ1v) is 9.29. The molecule has 0 aliphatic heterocycles. The standard InChI is InChI=1S/C12H20BrNOSi/c1-12(2,16(3,4)15)8-7-11-6-5-10(13)9-14-11/h5-6,9,15H,7-8H2,1-4H3. The topological polar surface area (TPSA) is 33.1 Å². The van der Waals surface area contributed by atoms with Gasteiger partial charge in [-0.25, -0.2) is 0 Å². The summed E-state index contributed by atoms with van der Waals surface area (Å²) >= 11 is 3.37. The Labute approximate surface area is 107 Å². The van der Waals surface area contributed by atoms with E-state index in [1.165, 1.54) is 0 Å². The van der Waals surface area contributed by atoms with E-state index in [1.807, 2.05) is 31.4 Å². The quantitative estimate of drug-likeness (QED) is 0.859. The lowest BCUT2D eigenvalue weighted by Crippen LogP contribution is -2.39. The van der Waals surface area contributed by atoms with Crippen LogP contribution in [0.2, 0.25) is 18.1 Å². The minimum absolute atomic E-state index is 0.0295. The zero-order valence-electron chi connectivity index (χ0n) is 10.4. The van der Waals surface area contributed by atoms with Crippen LogP contribution in [-0.2, 0) is 6.42 Å². The van der Waals surface area contributed by atoms with Gasteiger partial charge in [-0.05, 0) is 59.0 Å². The third-order valence-electron chi connectivity index (χ3n) is 3.45. The molecule has 0 aliphatic carbocycles. The molecule has 0 unspecified atom stereocenters. The van der Waals surface area contributed by atoms with E-state index in [2.05, 4.69) is 34.8 Å². The van der Waals surface area contributed by atoms with E-state index < -0.39 is 8.32 Å². The highest BCUT2D eigenvalue weighted by Gasteiger charge is 2.37. The minimum Gasteiger partial charge on any atom is -0.432 e. The second-order valence-electron chi connectivity index (χ2n) is 5.41. The first-order chi connectivity index (χ1) is 7.22. The molecule has 1 heterocycles. The Bertz CT molecular complexity index is 343. The van der Waals surface area contributed by atoms with Gasteiger partial charge < -0.3 is 4.80 Å². The van der Waals surface area contributed by atoms with Gasteiger partial charge in [0.2, 0.25) is 0 Å². The summed E-state index contributed by atoms with van der Waals surface area (Å²) in [4.78, 5) is 14.5. The van der Waals surface area contributed by atoms with Crippen molar-refractivity contribution in [2.24, 2.45) is 0 Å². The highest BCUT2D eigenvalue weighted by atomic mass is 79.9. The Hall–Kier alpha value is -0.193. The number of aromatic nitrogens is 1. The zero-order valence-corrected chi connectivity index (χ0v) is 13.0. The van der Waals surface area contributed by atoms with Crippen LogP contribution in [0.1, 0.15) is 26.0 Å². The fourth-order valence-electron chi connectivity index (χ4n) is 1.30. The molecular formula is C12H20BrNOSi. The van der Waals surface area contributed by atoms with E-state index in [4.69, 9.17) is 0 Å². The van der Waals surface area contributed by atoms with Gasteiger partial charge in [-0.2, -0.15) is 0 Å². The molecule has 0 aromatic carbocycles. The molecule has 0 radical (unpaired) electrons. The molecule has 1 aromatic rings. The van der Waals surface area contributed by atoms with Crippen LogP contribution in [0.5, 0.6) is 0 Å². The average Bonchev–Trinajstić information content (AvgIpc) is 2.15. The lowest BCUT2D eigenvalue weighted by molar-refractivity contribution is 0.450. The number of aryl methyl sites for hydroxylation is 1. The smallest absolute Gasteiger partial charge is 0.188 e. The molecule has 0 amide bonds. The molecule has 1 rings (SSSR count). The SMILES string of the molecule is CC(C)(CCc1ccc(Br)cn1)[Si](C)(C)O. The molecular weight excluding hydrogens is 282 g/mol. The van der Waals surface area contributed by atoms with Gasteiger partial charge in [0.05, 0.1) is 0 Å². The van der Waals surface area contributed by atoms with E-state index in [9.17, 15) is 4.80 Å². The van der Waals surface area contributed by atoms with E-state index in [0.29, 0.717) is 0 Å². The highest BCUT2D eigenvalue weighted by Crippen LogP contribution is 2.39. The van der Waals surface area contributed by atoms with Crippen molar-refractivity contribution in [3.05, 3.63) is 28.5 Å². The van der Waals surface area contributed by atoms with Crippen molar-refractivity contribution in [3.63, 3.8) is 0 Å². The highest BCUT2D eigenvalue weighted by molar-refractivity contribution is 9.10. The van der Waals surface area contributed by atoms with Crippen LogP contribution in [0.3, 0.4) is 0 Å². The van der Waals surface area contributed by atoms with Gasteiger partial charge in [-0.1, -0.05) is 13.8 Å². The zero-order chi connectivity index (χ0) is 12.4. The molecule has 90 valence electrons. The molecule has 0 spiro atoms. The van der Waals surface area contributed by atoms with Crippen LogP contribution in [0.4, 0.5) is 0 Å². The monoisotopic (exact) mass is 301 g/mol. The van der Waals surface area contributed by atoms with Crippen molar-refractivity contribution in [3.8, 4) is 0 Å². The van der Waals surface area contributed by atoms with Crippen LogP contribution in [-0.4, -0.2) is 18.1 Å². The van der Waals surface area contributed by atoms with Crippen molar-refractivity contribution >= 4 is 24.2 Å². The Morgan fingerprint density at radius 3 is 2.44 bits per heavy atom. The Balaban J connectivity index is 2.61. The summed E-state index contributed by atoms with van der Waals surface area (Å²) in [7, 11) is -2.09. The van der Waals surface area contributed by atoms with Gasteiger partial charge in [-0.3, -0.25) is 4.98 Å². The first-order valence-electron chi connectivity index (χ1n) is 5.55. The molecule has 0 saturated heterocycles. The van der Waals surface area contributed by atoms with Gasteiger partial charge in [-0.15, -0.1) is 0 Å². The van der Waals surface area contributed by atoms with Gasteiger partial charge >= 0.3 is 0 Å². The van der Waals surface area contributed by atoms with Gasteiger partial charge in [0.15, 0.2) is 8.32 Å². The van der Waals surface area contributed by atoms with Gasteiger partial charge in [0.25, 0.3) is 0 Å². The van der Waals surface area contributed by atoms with Crippen molar-refractivity contribution in [2.75, 3.05) is 0 Å². The fourth-order valence-corrected chi connectivity index (χ4v) is 2.27. The Kier molecular flexibility index (Phi) is 4.32. The predicted octanol–water partition coefficient (Wildman–Crippen LogP) is 3.75. The van der Waals surface area contributed by atoms with Crippen molar-refractivity contribution in [1.82, 2.24) is 4.98 Å². The van der Waals surface area contributed by atoms with Crippen molar-refractivity contribution in [2.45, 2.75) is 44.8 Å². The Morgan fingerprint density at radius 1 is 1.38 bits per heavy atom. The summed E-state index contributed by atoms with van der Waals surface area (Å²) in [5.41, 5.74) is 1.09. The third-order valence-corrected chi connectivity index (χ3v) is 7.48. The second kappa shape index (κ2) is 4.98. The molecule has 0 aliphatic rings. The van der Waals surface area contributed by atoms with Crippen LogP contribution in [0.25, 0.3) is 0 Å². The average molecular weight is 302 g/mol. The molecule has 2 nitrogen and oxygen atoms in total. The van der Waals surface area contributed by atoms with Crippen LogP contribution >= 0.6 is 15.9 Å². The Morgan fingerprint density at radius 2 is 2.00 bits per heavy atom. The molecule has 0 atom stereocenters. The normalized spacial score (nSPS) is 12.9. The number of hydrogen-bond acceptors (Lipinski definition) is 2. The maximum absolute atomic E-state index is 10.2. The lowest BCUT2D eigenvalue weighted by Gasteiger charge is -2.34. The summed E-state index contributed by atoms with van der Waals surface area (Å²) in [6, 6.07) is 4.04. The van der Waals surface area contributed by atoms with E-state index in [-0.39, 0.29) is 5.04 Å². The molecule has 1 N–H and O–H groups in total. The number of rotatable bonds is 4. The number of nitrogens with zero attached hydrogens (tertiary/aromatic N) is 1. The second-order valence-corrected chi connectivity index (χ2v) is 10.8. The lowest BCUT2D eigenvalue weighted by atomic mass is 10.0. The van der Waals surface area contributed by atoms with E-state index in [0.717, 1.165) is 23.0 Å². The van der Waals surface area contributed by atoms with Crippen LogP contribution in [0, 0.1) is 0 Å². The summed E-state index contributed by atoms with van der Waals surface area (Å²) < 4.78 is 1.01. The molecule has 4 heteroatoms. The number of halogens is 1. The van der Waals surface area contributed by atoms with E-state index >= 15 is 0 Å². The summed E-state index contributed by atoms with van der Waals surface area (Å²) in [6.07, 6.45) is 3.73. The van der Waals surface area contributed by atoms with Crippen molar-refractivity contribution < 1.29 is 4.80 Å². The third kappa shape index (κ3) is 3.68.